The number of ether oxygens (including phenoxy) is 5. The molecule has 9 nitrogen and oxygen atoms in total. The molecule has 2 rings (SSSR count). The van der Waals surface area contributed by atoms with Crippen LogP contribution >= 0.6 is 0 Å². The fourth-order valence-electron chi connectivity index (χ4n) is 4.33. The van der Waals surface area contributed by atoms with Gasteiger partial charge in [-0.3, -0.25) is 14.4 Å². The van der Waals surface area contributed by atoms with Gasteiger partial charge in [0.25, 0.3) is 0 Å². The third kappa shape index (κ3) is 7.25. The Morgan fingerprint density at radius 3 is 2.03 bits per heavy atom. The lowest BCUT2D eigenvalue weighted by molar-refractivity contribution is -0.165. The molecule has 0 heterocycles. The van der Waals surface area contributed by atoms with Crippen LogP contribution in [-0.4, -0.2) is 77.8 Å². The fourth-order valence-corrected chi connectivity index (χ4v) is 4.33. The summed E-state index contributed by atoms with van der Waals surface area (Å²) in [5.41, 5.74) is 0.327. The highest BCUT2D eigenvalue weighted by atomic mass is 16.6. The van der Waals surface area contributed by atoms with Crippen molar-refractivity contribution in [1.82, 2.24) is 4.90 Å². The first-order valence-electron chi connectivity index (χ1n) is 12.7. The maximum absolute atomic E-state index is 13.4. The molecular formula is C29H39NO8. The number of nitrogens with zero attached hydrogens (tertiary/aromatic N) is 1. The van der Waals surface area contributed by atoms with Crippen molar-refractivity contribution in [3.05, 3.63) is 53.1 Å². The predicted molar refractivity (Wildman–Crippen MR) is 143 cm³/mol. The highest BCUT2D eigenvalue weighted by molar-refractivity contribution is 6.06. The second kappa shape index (κ2) is 15.0. The van der Waals surface area contributed by atoms with Gasteiger partial charge in [0.1, 0.15) is 5.75 Å². The molecule has 0 aliphatic rings. The maximum Gasteiger partial charge on any atom is 0.328 e. The standard InChI is InChI=1S/C29H39NO8/c1-7-37-27(32)29(28(33)38-8-2,23-12-13-24(34-4)26(19-23)36-6)15-9-16-30(3)17-14-21-10-11-22(20-31)25(18-21)35-5/h10-13,18-20H,7-9,14-17H2,1-6H3. The molecule has 0 bridgehead atoms. The number of methoxy groups -OCH3 is 3. The molecule has 0 saturated heterocycles. The molecule has 38 heavy (non-hydrogen) atoms. The monoisotopic (exact) mass is 529 g/mol. The number of carbonyl (C=O) groups is 3. The quantitative estimate of drug-likeness (QED) is 0.182. The zero-order chi connectivity index (χ0) is 28.1. The van der Waals surface area contributed by atoms with Gasteiger partial charge in [-0.15, -0.1) is 0 Å². The summed E-state index contributed by atoms with van der Waals surface area (Å²) in [6, 6.07) is 10.5. The van der Waals surface area contributed by atoms with Crippen molar-refractivity contribution in [2.24, 2.45) is 0 Å². The second-order valence-electron chi connectivity index (χ2n) is 8.77. The van der Waals surface area contributed by atoms with Crippen LogP contribution in [0.1, 0.15) is 48.2 Å². The van der Waals surface area contributed by atoms with Gasteiger partial charge in [0, 0.05) is 6.54 Å². The van der Waals surface area contributed by atoms with E-state index in [-0.39, 0.29) is 19.6 Å². The number of aldehydes is 1. The Hall–Kier alpha value is -3.59. The summed E-state index contributed by atoms with van der Waals surface area (Å²) in [4.78, 5) is 40.0. The van der Waals surface area contributed by atoms with E-state index in [4.69, 9.17) is 23.7 Å². The van der Waals surface area contributed by atoms with Crippen LogP contribution in [0.5, 0.6) is 17.2 Å². The van der Waals surface area contributed by atoms with E-state index in [0.29, 0.717) is 41.3 Å². The Balaban J connectivity index is 2.24. The smallest absolute Gasteiger partial charge is 0.328 e. The Kier molecular flexibility index (Phi) is 12.1. The lowest BCUT2D eigenvalue weighted by atomic mass is 9.76. The molecule has 0 aliphatic carbocycles. The lowest BCUT2D eigenvalue weighted by Gasteiger charge is -2.31. The van der Waals surface area contributed by atoms with Crippen molar-refractivity contribution in [1.29, 1.82) is 0 Å². The number of carbonyl (C=O) groups excluding carboxylic acids is 3. The first-order chi connectivity index (χ1) is 18.3. The molecule has 208 valence electrons. The van der Waals surface area contributed by atoms with E-state index in [9.17, 15) is 14.4 Å². The van der Waals surface area contributed by atoms with Crippen LogP contribution in [0.3, 0.4) is 0 Å². The van der Waals surface area contributed by atoms with Gasteiger partial charge in [-0.05, 0) is 82.1 Å². The number of rotatable bonds is 16. The maximum atomic E-state index is 13.4. The van der Waals surface area contributed by atoms with Crippen LogP contribution in [-0.2, 0) is 30.9 Å². The van der Waals surface area contributed by atoms with Gasteiger partial charge >= 0.3 is 11.9 Å². The molecule has 0 unspecified atom stereocenters. The Morgan fingerprint density at radius 2 is 1.47 bits per heavy atom. The zero-order valence-corrected chi connectivity index (χ0v) is 23.2. The number of esters is 2. The van der Waals surface area contributed by atoms with Crippen LogP contribution in [0.25, 0.3) is 0 Å². The number of hydrogen-bond acceptors (Lipinski definition) is 9. The summed E-state index contributed by atoms with van der Waals surface area (Å²) in [7, 11) is 6.53. The van der Waals surface area contributed by atoms with Crippen LogP contribution in [0.4, 0.5) is 0 Å². The minimum Gasteiger partial charge on any atom is -0.496 e. The van der Waals surface area contributed by atoms with Crippen LogP contribution in [0.2, 0.25) is 0 Å². The SMILES string of the molecule is CCOC(=O)C(CCCN(C)CCc1ccc(C=O)c(OC)c1)(C(=O)OCC)c1ccc(OC)c(OC)c1. The predicted octanol–water partition coefficient (Wildman–Crippen LogP) is 3.84. The van der Waals surface area contributed by atoms with Gasteiger partial charge in [-0.25, -0.2) is 0 Å². The molecule has 0 fully saturated rings. The van der Waals surface area contributed by atoms with Gasteiger partial charge in [0.15, 0.2) is 23.2 Å². The normalized spacial score (nSPS) is 11.1. The first-order valence-corrected chi connectivity index (χ1v) is 12.7. The second-order valence-corrected chi connectivity index (χ2v) is 8.77. The average Bonchev–Trinajstić information content (AvgIpc) is 2.93. The third-order valence-electron chi connectivity index (χ3n) is 6.42. The Bertz CT molecular complexity index is 1070. The summed E-state index contributed by atoms with van der Waals surface area (Å²) in [5.74, 6) is 0.113. The molecule has 0 aromatic heterocycles. The van der Waals surface area contributed by atoms with E-state index < -0.39 is 17.4 Å². The highest BCUT2D eigenvalue weighted by Crippen LogP contribution is 2.38. The largest absolute Gasteiger partial charge is 0.496 e. The molecule has 2 aromatic carbocycles. The van der Waals surface area contributed by atoms with E-state index in [1.165, 1.54) is 21.3 Å². The summed E-state index contributed by atoms with van der Waals surface area (Å²) in [5, 5.41) is 0. The van der Waals surface area contributed by atoms with E-state index in [1.807, 2.05) is 19.2 Å². The lowest BCUT2D eigenvalue weighted by Crippen LogP contribution is -2.46. The van der Waals surface area contributed by atoms with Gasteiger partial charge in [0.05, 0.1) is 40.1 Å². The Morgan fingerprint density at radius 1 is 0.842 bits per heavy atom. The summed E-state index contributed by atoms with van der Waals surface area (Å²) >= 11 is 0. The van der Waals surface area contributed by atoms with Crippen molar-refractivity contribution in [3.63, 3.8) is 0 Å². The molecular weight excluding hydrogens is 490 g/mol. The third-order valence-corrected chi connectivity index (χ3v) is 6.42. The van der Waals surface area contributed by atoms with Crippen LogP contribution in [0.15, 0.2) is 36.4 Å². The molecule has 2 aromatic rings. The summed E-state index contributed by atoms with van der Waals surface area (Å²) < 4.78 is 26.9. The molecule has 9 heteroatoms. The van der Waals surface area contributed by atoms with Gasteiger partial charge in [-0.1, -0.05) is 12.1 Å². The summed E-state index contributed by atoms with van der Waals surface area (Å²) in [6.07, 6.45) is 2.22. The molecule has 0 saturated carbocycles. The van der Waals surface area contributed by atoms with E-state index in [0.717, 1.165) is 24.8 Å². The van der Waals surface area contributed by atoms with E-state index >= 15 is 0 Å². The minimum absolute atomic E-state index is 0.125. The highest BCUT2D eigenvalue weighted by Gasteiger charge is 2.50. The number of hydrogen-bond donors (Lipinski definition) is 0. The van der Waals surface area contributed by atoms with E-state index in [1.54, 1.807) is 38.1 Å². The molecule has 0 spiro atoms. The number of likely N-dealkylation sites (N-methyl/N-ethyl adjacent to an activating group) is 1. The molecule has 0 aliphatic heterocycles. The summed E-state index contributed by atoms with van der Waals surface area (Å²) in [6.45, 7) is 5.00. The van der Waals surface area contributed by atoms with Crippen molar-refractivity contribution in [2.45, 2.75) is 38.5 Å². The first kappa shape index (κ1) is 30.6. The zero-order valence-electron chi connectivity index (χ0n) is 23.2. The van der Waals surface area contributed by atoms with Crippen LogP contribution in [0, 0.1) is 0 Å². The van der Waals surface area contributed by atoms with Crippen molar-refractivity contribution >= 4 is 18.2 Å². The topological polar surface area (TPSA) is 101 Å². The number of benzene rings is 2. The van der Waals surface area contributed by atoms with Crippen molar-refractivity contribution in [2.75, 3.05) is 54.7 Å². The Labute approximate surface area is 225 Å². The average molecular weight is 530 g/mol. The van der Waals surface area contributed by atoms with Gasteiger partial charge in [-0.2, -0.15) is 0 Å². The molecule has 0 radical (unpaired) electrons. The van der Waals surface area contributed by atoms with Gasteiger partial charge in [0.2, 0.25) is 0 Å². The fraction of sp³-hybridized carbons (Fsp3) is 0.483. The molecule has 0 atom stereocenters. The molecule has 0 amide bonds. The van der Waals surface area contributed by atoms with E-state index in [2.05, 4.69) is 4.90 Å². The molecule has 0 N–H and O–H groups in total. The van der Waals surface area contributed by atoms with Crippen molar-refractivity contribution in [3.8, 4) is 17.2 Å². The van der Waals surface area contributed by atoms with Crippen molar-refractivity contribution < 1.29 is 38.1 Å². The van der Waals surface area contributed by atoms with Gasteiger partial charge < -0.3 is 28.6 Å². The van der Waals surface area contributed by atoms with Crippen LogP contribution < -0.4 is 14.2 Å². The minimum atomic E-state index is -1.65.